The molecular weight excluding hydrogens is 286 g/mol. The molecule has 1 heterocycles. The first-order valence-electron chi connectivity index (χ1n) is 8.60. The molecular formula is C19H29N3O. The summed E-state index contributed by atoms with van der Waals surface area (Å²) >= 11 is 0. The highest BCUT2D eigenvalue weighted by Gasteiger charge is 2.27. The Morgan fingerprint density at radius 1 is 1.22 bits per heavy atom. The van der Waals surface area contributed by atoms with Crippen LogP contribution in [-0.2, 0) is 4.79 Å². The normalized spacial score (nSPS) is 19.0. The summed E-state index contributed by atoms with van der Waals surface area (Å²) in [5, 5.41) is 0. The number of hydrogen-bond donors (Lipinski definition) is 1. The van der Waals surface area contributed by atoms with Crippen molar-refractivity contribution in [3.8, 4) is 0 Å². The second-order valence-corrected chi connectivity index (χ2v) is 6.35. The van der Waals surface area contributed by atoms with Crippen LogP contribution >= 0.6 is 0 Å². The first-order valence-corrected chi connectivity index (χ1v) is 8.60. The average molecular weight is 315 g/mol. The van der Waals surface area contributed by atoms with Crippen molar-refractivity contribution in [1.29, 1.82) is 0 Å². The summed E-state index contributed by atoms with van der Waals surface area (Å²) in [7, 11) is 0. The molecule has 0 bridgehead atoms. The van der Waals surface area contributed by atoms with Crippen LogP contribution in [0.15, 0.2) is 36.4 Å². The smallest absolute Gasteiger partial charge is 0.239 e. The van der Waals surface area contributed by atoms with E-state index in [0.717, 1.165) is 39.1 Å². The van der Waals surface area contributed by atoms with E-state index in [1.807, 2.05) is 30.0 Å². The molecule has 1 aliphatic heterocycles. The molecule has 1 aromatic carbocycles. The van der Waals surface area contributed by atoms with Crippen LogP contribution in [0.4, 0.5) is 0 Å². The minimum atomic E-state index is -0.357. The lowest BCUT2D eigenvalue weighted by molar-refractivity contribution is -0.135. The number of carbonyl (C=O) groups is 1. The third kappa shape index (κ3) is 5.19. The highest BCUT2D eigenvalue weighted by Crippen LogP contribution is 2.11. The summed E-state index contributed by atoms with van der Waals surface area (Å²) in [6.45, 7) is 8.44. The lowest BCUT2D eigenvalue weighted by Crippen LogP contribution is -2.54. The lowest BCUT2D eigenvalue weighted by atomic mass is 9.98. The van der Waals surface area contributed by atoms with E-state index in [9.17, 15) is 4.79 Å². The van der Waals surface area contributed by atoms with Crippen LogP contribution in [0.2, 0.25) is 0 Å². The van der Waals surface area contributed by atoms with Gasteiger partial charge in [0.15, 0.2) is 0 Å². The Labute approximate surface area is 140 Å². The van der Waals surface area contributed by atoms with E-state index in [0.29, 0.717) is 0 Å². The topological polar surface area (TPSA) is 49.6 Å². The summed E-state index contributed by atoms with van der Waals surface area (Å²) in [5.41, 5.74) is 7.29. The van der Waals surface area contributed by atoms with Gasteiger partial charge in [0.2, 0.25) is 5.91 Å². The monoisotopic (exact) mass is 315 g/mol. The molecule has 0 unspecified atom stereocenters. The Morgan fingerprint density at radius 3 is 2.48 bits per heavy atom. The van der Waals surface area contributed by atoms with Crippen molar-refractivity contribution in [3.05, 3.63) is 42.0 Å². The zero-order valence-corrected chi connectivity index (χ0v) is 14.3. The fraction of sp³-hybridized carbons (Fsp3) is 0.526. The average Bonchev–Trinajstić information content (AvgIpc) is 2.61. The molecule has 2 rings (SSSR count). The number of benzene rings is 1. The van der Waals surface area contributed by atoms with Crippen LogP contribution < -0.4 is 5.73 Å². The largest absolute Gasteiger partial charge is 0.339 e. The van der Waals surface area contributed by atoms with E-state index in [4.69, 9.17) is 5.73 Å². The Bertz CT molecular complexity index is 507. The van der Waals surface area contributed by atoms with Crippen LogP contribution in [0.1, 0.15) is 25.8 Å². The van der Waals surface area contributed by atoms with E-state index < -0.39 is 0 Å². The maximum atomic E-state index is 12.4. The van der Waals surface area contributed by atoms with Crippen LogP contribution in [0.5, 0.6) is 0 Å². The summed E-state index contributed by atoms with van der Waals surface area (Å²) in [6.07, 6.45) is 5.28. The van der Waals surface area contributed by atoms with Crippen molar-refractivity contribution in [2.75, 3.05) is 32.7 Å². The number of rotatable bonds is 6. The summed E-state index contributed by atoms with van der Waals surface area (Å²) in [5.74, 6) is 0.355. The number of nitrogens with zero attached hydrogens (tertiary/aromatic N) is 2. The Kier molecular flexibility index (Phi) is 6.81. The highest BCUT2D eigenvalue weighted by atomic mass is 16.2. The molecule has 1 saturated heterocycles. The van der Waals surface area contributed by atoms with Gasteiger partial charge >= 0.3 is 0 Å². The van der Waals surface area contributed by atoms with E-state index in [2.05, 4.69) is 36.1 Å². The predicted octanol–water partition coefficient (Wildman–Crippen LogP) is 2.22. The molecule has 0 spiro atoms. The summed E-state index contributed by atoms with van der Waals surface area (Å²) in [6, 6.07) is 9.96. The fourth-order valence-electron chi connectivity index (χ4n) is 2.76. The van der Waals surface area contributed by atoms with Crippen molar-refractivity contribution in [2.24, 2.45) is 11.7 Å². The van der Waals surface area contributed by atoms with Gasteiger partial charge in [-0.3, -0.25) is 9.69 Å². The van der Waals surface area contributed by atoms with E-state index >= 15 is 0 Å². The molecule has 1 aromatic rings. The molecule has 23 heavy (non-hydrogen) atoms. The second kappa shape index (κ2) is 8.85. The first kappa shape index (κ1) is 17.7. The highest BCUT2D eigenvalue weighted by molar-refractivity contribution is 5.82. The zero-order chi connectivity index (χ0) is 16.7. The maximum absolute atomic E-state index is 12.4. The Hall–Kier alpha value is -1.65. The van der Waals surface area contributed by atoms with Gasteiger partial charge in [-0.15, -0.1) is 0 Å². The van der Waals surface area contributed by atoms with E-state index in [1.165, 1.54) is 5.56 Å². The van der Waals surface area contributed by atoms with Crippen LogP contribution in [0.25, 0.3) is 6.08 Å². The Balaban J connectivity index is 1.75. The fourth-order valence-corrected chi connectivity index (χ4v) is 2.76. The number of hydrogen-bond acceptors (Lipinski definition) is 3. The standard InChI is InChI=1S/C19H29N3O/c1-3-16(2)18(20)19(23)22-14-12-21(13-15-22)11-7-10-17-8-5-4-6-9-17/h4-10,16,18H,3,11-15,20H2,1-2H3/b10-7+/t16-,18-/m0/s1. The molecule has 1 fully saturated rings. The quantitative estimate of drug-likeness (QED) is 0.876. The second-order valence-electron chi connectivity index (χ2n) is 6.35. The van der Waals surface area contributed by atoms with Gasteiger partial charge in [0.05, 0.1) is 6.04 Å². The molecule has 0 radical (unpaired) electrons. The van der Waals surface area contributed by atoms with Crippen molar-refractivity contribution in [1.82, 2.24) is 9.80 Å². The lowest BCUT2D eigenvalue weighted by Gasteiger charge is -2.36. The number of amides is 1. The van der Waals surface area contributed by atoms with Gasteiger partial charge < -0.3 is 10.6 Å². The minimum absolute atomic E-state index is 0.110. The van der Waals surface area contributed by atoms with Crippen molar-refractivity contribution in [2.45, 2.75) is 26.3 Å². The molecule has 0 aliphatic carbocycles. The van der Waals surface area contributed by atoms with Gasteiger partial charge in [-0.2, -0.15) is 0 Å². The third-order valence-electron chi connectivity index (χ3n) is 4.70. The van der Waals surface area contributed by atoms with Crippen LogP contribution in [0, 0.1) is 5.92 Å². The van der Waals surface area contributed by atoms with Gasteiger partial charge in [-0.05, 0) is 11.5 Å². The molecule has 4 heteroatoms. The summed E-state index contributed by atoms with van der Waals surface area (Å²) in [4.78, 5) is 16.7. The third-order valence-corrected chi connectivity index (χ3v) is 4.70. The Morgan fingerprint density at radius 2 is 1.87 bits per heavy atom. The summed E-state index contributed by atoms with van der Waals surface area (Å²) < 4.78 is 0. The van der Waals surface area contributed by atoms with E-state index in [-0.39, 0.29) is 17.9 Å². The molecule has 1 aliphatic rings. The van der Waals surface area contributed by atoms with Crippen LogP contribution in [0.3, 0.4) is 0 Å². The zero-order valence-electron chi connectivity index (χ0n) is 14.3. The molecule has 126 valence electrons. The van der Waals surface area contributed by atoms with Crippen molar-refractivity contribution < 1.29 is 4.79 Å². The van der Waals surface area contributed by atoms with Gasteiger partial charge in [0.25, 0.3) is 0 Å². The minimum Gasteiger partial charge on any atom is -0.339 e. The molecule has 1 amide bonds. The van der Waals surface area contributed by atoms with Crippen molar-refractivity contribution >= 4 is 12.0 Å². The van der Waals surface area contributed by atoms with Crippen molar-refractivity contribution in [3.63, 3.8) is 0 Å². The maximum Gasteiger partial charge on any atom is 0.239 e. The number of piperazine rings is 1. The molecule has 2 atom stereocenters. The molecule has 0 aromatic heterocycles. The number of carbonyl (C=O) groups excluding carboxylic acids is 1. The first-order chi connectivity index (χ1) is 11.1. The van der Waals surface area contributed by atoms with E-state index in [1.54, 1.807) is 0 Å². The number of nitrogens with two attached hydrogens (primary N) is 1. The van der Waals surface area contributed by atoms with Gasteiger partial charge in [-0.1, -0.05) is 62.8 Å². The van der Waals surface area contributed by atoms with Gasteiger partial charge in [-0.25, -0.2) is 0 Å². The molecule has 2 N–H and O–H groups in total. The SMILES string of the molecule is CC[C@H](C)[C@H](N)C(=O)N1CCN(C/C=C/c2ccccc2)CC1. The van der Waals surface area contributed by atoms with Crippen LogP contribution in [-0.4, -0.2) is 54.5 Å². The molecule has 0 saturated carbocycles. The predicted molar refractivity (Wildman–Crippen MR) is 95.9 cm³/mol. The van der Waals surface area contributed by atoms with Gasteiger partial charge in [0.1, 0.15) is 0 Å². The molecule has 4 nitrogen and oxygen atoms in total. The van der Waals surface area contributed by atoms with Gasteiger partial charge in [0, 0.05) is 32.7 Å².